The minimum atomic E-state index is 0.673. The van der Waals surface area contributed by atoms with Crippen LogP contribution in [0.15, 0.2) is 31.2 Å². The van der Waals surface area contributed by atoms with Gasteiger partial charge in [0.15, 0.2) is 0 Å². The van der Waals surface area contributed by atoms with Crippen LogP contribution in [0.4, 0.5) is 0 Å². The lowest BCUT2D eigenvalue weighted by Gasteiger charge is -2.10. The third-order valence-electron chi connectivity index (χ3n) is 2.82. The summed E-state index contributed by atoms with van der Waals surface area (Å²) in [5, 5.41) is 3.44. The van der Waals surface area contributed by atoms with Gasteiger partial charge in [-0.1, -0.05) is 13.8 Å². The lowest BCUT2D eigenvalue weighted by molar-refractivity contribution is 0.518. The average molecular weight is 247 g/mol. The van der Waals surface area contributed by atoms with Crippen LogP contribution in [0.3, 0.4) is 0 Å². The van der Waals surface area contributed by atoms with E-state index in [0.29, 0.717) is 5.92 Å². The molecule has 98 valence electrons. The summed E-state index contributed by atoms with van der Waals surface area (Å²) in [6.45, 7) is 8.18. The van der Waals surface area contributed by atoms with Crippen molar-refractivity contribution in [3.63, 3.8) is 0 Å². The van der Waals surface area contributed by atoms with Gasteiger partial charge in [-0.25, -0.2) is 9.97 Å². The van der Waals surface area contributed by atoms with Crippen molar-refractivity contribution in [2.24, 2.45) is 5.92 Å². The van der Waals surface area contributed by atoms with Crippen molar-refractivity contribution < 1.29 is 0 Å². The first-order chi connectivity index (χ1) is 8.75. The van der Waals surface area contributed by atoms with E-state index in [4.69, 9.17) is 0 Å². The molecule has 0 bridgehead atoms. The number of nitrogens with one attached hydrogen (secondary N) is 1. The van der Waals surface area contributed by atoms with E-state index in [1.165, 1.54) is 5.69 Å². The zero-order valence-corrected chi connectivity index (χ0v) is 11.1. The molecule has 1 N–H and O–H groups in total. The van der Waals surface area contributed by atoms with Gasteiger partial charge in [-0.05, 0) is 12.5 Å². The standard InChI is InChI=1S/C13H21N5/c1-12(2)7-15-8-13-9-16-11-18(13)6-5-17-4-3-14-10-17/h3-4,9-12,15H,5-8H2,1-2H3. The van der Waals surface area contributed by atoms with Crippen LogP contribution < -0.4 is 5.32 Å². The minimum Gasteiger partial charge on any atom is -0.336 e. The third-order valence-corrected chi connectivity index (χ3v) is 2.82. The van der Waals surface area contributed by atoms with E-state index in [1.807, 2.05) is 25.0 Å². The zero-order valence-electron chi connectivity index (χ0n) is 11.1. The van der Waals surface area contributed by atoms with E-state index in [-0.39, 0.29) is 0 Å². The predicted octanol–water partition coefficient (Wildman–Crippen LogP) is 1.53. The number of hydrogen-bond donors (Lipinski definition) is 1. The Labute approximate surface area is 108 Å². The first kappa shape index (κ1) is 12.8. The molecule has 0 atom stereocenters. The molecule has 0 aliphatic rings. The summed E-state index contributed by atoms with van der Waals surface area (Å²) in [5.41, 5.74) is 1.23. The van der Waals surface area contributed by atoms with Gasteiger partial charge in [-0.3, -0.25) is 0 Å². The van der Waals surface area contributed by atoms with Crippen LogP contribution in [0.2, 0.25) is 0 Å². The second-order valence-electron chi connectivity index (χ2n) is 4.90. The Balaban J connectivity index is 1.83. The van der Waals surface area contributed by atoms with Crippen LogP contribution in [0.1, 0.15) is 19.5 Å². The van der Waals surface area contributed by atoms with E-state index >= 15 is 0 Å². The van der Waals surface area contributed by atoms with Gasteiger partial charge in [-0.2, -0.15) is 0 Å². The molecule has 0 saturated carbocycles. The summed E-state index contributed by atoms with van der Waals surface area (Å²) in [6.07, 6.45) is 9.45. The second-order valence-corrected chi connectivity index (χ2v) is 4.90. The molecular weight excluding hydrogens is 226 g/mol. The Kier molecular flexibility index (Phi) is 4.52. The Morgan fingerprint density at radius 3 is 2.83 bits per heavy atom. The summed E-state index contributed by atoms with van der Waals surface area (Å²) in [6, 6.07) is 0. The molecular formula is C13H21N5. The van der Waals surface area contributed by atoms with Gasteiger partial charge in [0.05, 0.1) is 18.3 Å². The van der Waals surface area contributed by atoms with E-state index in [2.05, 4.69) is 38.3 Å². The molecule has 0 aromatic carbocycles. The quantitative estimate of drug-likeness (QED) is 0.807. The Bertz CT molecular complexity index is 444. The molecule has 0 amide bonds. The van der Waals surface area contributed by atoms with Gasteiger partial charge >= 0.3 is 0 Å². The highest BCUT2D eigenvalue weighted by Gasteiger charge is 2.02. The summed E-state index contributed by atoms with van der Waals surface area (Å²) in [7, 11) is 0. The maximum absolute atomic E-state index is 4.22. The number of aryl methyl sites for hydroxylation is 2. The lowest BCUT2D eigenvalue weighted by Crippen LogP contribution is -2.21. The van der Waals surface area contributed by atoms with Crippen molar-refractivity contribution >= 4 is 0 Å². The van der Waals surface area contributed by atoms with E-state index in [9.17, 15) is 0 Å². The SMILES string of the molecule is CC(C)CNCc1cncn1CCn1ccnc1. The molecule has 0 fully saturated rings. The molecule has 0 unspecified atom stereocenters. The van der Waals surface area contributed by atoms with E-state index < -0.39 is 0 Å². The van der Waals surface area contributed by atoms with Crippen molar-refractivity contribution in [3.8, 4) is 0 Å². The van der Waals surface area contributed by atoms with Crippen LogP contribution in [-0.2, 0) is 19.6 Å². The second kappa shape index (κ2) is 6.35. The Morgan fingerprint density at radius 1 is 1.22 bits per heavy atom. The highest BCUT2D eigenvalue weighted by molar-refractivity contribution is 4.97. The fourth-order valence-corrected chi connectivity index (χ4v) is 1.83. The molecule has 5 nitrogen and oxygen atoms in total. The fraction of sp³-hybridized carbons (Fsp3) is 0.538. The van der Waals surface area contributed by atoms with Gasteiger partial charge in [0.25, 0.3) is 0 Å². The highest BCUT2D eigenvalue weighted by atomic mass is 15.1. The number of imidazole rings is 2. The maximum Gasteiger partial charge on any atom is 0.0949 e. The van der Waals surface area contributed by atoms with Gasteiger partial charge < -0.3 is 14.5 Å². The van der Waals surface area contributed by atoms with Crippen molar-refractivity contribution in [2.75, 3.05) is 6.54 Å². The molecule has 2 aromatic heterocycles. The van der Waals surface area contributed by atoms with Crippen molar-refractivity contribution in [3.05, 3.63) is 36.9 Å². The number of hydrogen-bond acceptors (Lipinski definition) is 3. The summed E-state index contributed by atoms with van der Waals surface area (Å²) in [5.74, 6) is 0.673. The third kappa shape index (κ3) is 3.70. The van der Waals surface area contributed by atoms with Gasteiger partial charge in [0.1, 0.15) is 0 Å². The topological polar surface area (TPSA) is 47.7 Å². The lowest BCUT2D eigenvalue weighted by atomic mass is 10.2. The summed E-state index contributed by atoms with van der Waals surface area (Å²) >= 11 is 0. The van der Waals surface area contributed by atoms with Crippen LogP contribution in [-0.4, -0.2) is 25.6 Å². The summed E-state index contributed by atoms with van der Waals surface area (Å²) in [4.78, 5) is 8.26. The molecule has 18 heavy (non-hydrogen) atoms. The zero-order chi connectivity index (χ0) is 12.8. The fourth-order valence-electron chi connectivity index (χ4n) is 1.83. The van der Waals surface area contributed by atoms with Gasteiger partial charge in [-0.15, -0.1) is 0 Å². The van der Waals surface area contributed by atoms with Crippen molar-refractivity contribution in [1.82, 2.24) is 24.4 Å². The molecule has 0 aliphatic carbocycles. The first-order valence-electron chi connectivity index (χ1n) is 6.41. The van der Waals surface area contributed by atoms with Crippen LogP contribution in [0.25, 0.3) is 0 Å². The average Bonchev–Trinajstić information content (AvgIpc) is 2.96. The molecule has 2 rings (SSSR count). The largest absolute Gasteiger partial charge is 0.336 e. The van der Waals surface area contributed by atoms with Gasteiger partial charge in [0.2, 0.25) is 0 Å². The minimum absolute atomic E-state index is 0.673. The Hall–Kier alpha value is -1.62. The number of rotatable bonds is 7. The molecule has 5 heteroatoms. The van der Waals surface area contributed by atoms with Crippen LogP contribution in [0, 0.1) is 5.92 Å². The Morgan fingerprint density at radius 2 is 2.11 bits per heavy atom. The predicted molar refractivity (Wildman–Crippen MR) is 71.0 cm³/mol. The first-order valence-corrected chi connectivity index (χ1v) is 6.41. The maximum atomic E-state index is 4.22. The highest BCUT2D eigenvalue weighted by Crippen LogP contribution is 2.01. The van der Waals surface area contributed by atoms with Gasteiger partial charge in [0, 0.05) is 38.2 Å². The molecule has 0 saturated heterocycles. The molecule has 0 aliphatic heterocycles. The summed E-state index contributed by atoms with van der Waals surface area (Å²) < 4.78 is 4.26. The molecule has 2 heterocycles. The van der Waals surface area contributed by atoms with Crippen LogP contribution in [0.5, 0.6) is 0 Å². The smallest absolute Gasteiger partial charge is 0.0949 e. The monoisotopic (exact) mass is 247 g/mol. The molecule has 2 aromatic rings. The molecule has 0 radical (unpaired) electrons. The number of aromatic nitrogens is 4. The normalized spacial score (nSPS) is 11.3. The number of nitrogens with zero attached hydrogens (tertiary/aromatic N) is 4. The van der Waals surface area contributed by atoms with E-state index in [0.717, 1.165) is 26.2 Å². The van der Waals surface area contributed by atoms with Crippen LogP contribution >= 0.6 is 0 Å². The van der Waals surface area contributed by atoms with Crippen molar-refractivity contribution in [1.29, 1.82) is 0 Å². The van der Waals surface area contributed by atoms with E-state index in [1.54, 1.807) is 6.20 Å². The molecule has 0 spiro atoms. The van der Waals surface area contributed by atoms with Crippen molar-refractivity contribution in [2.45, 2.75) is 33.5 Å².